The smallest absolute Gasteiger partial charge is 0.416 e. The SMILES string of the molecule is CC(C)(C)OC(=O)NC(C(N)=O)c1cccc(C(F)(F)F)c1. The highest BCUT2D eigenvalue weighted by Crippen LogP contribution is 2.30. The maximum Gasteiger partial charge on any atom is 0.416 e. The van der Waals surface area contributed by atoms with Crippen molar-refractivity contribution in [3.05, 3.63) is 35.4 Å². The van der Waals surface area contributed by atoms with E-state index in [4.69, 9.17) is 10.5 Å². The zero-order chi connectivity index (χ0) is 17.1. The summed E-state index contributed by atoms with van der Waals surface area (Å²) in [6, 6.07) is 2.59. The Kier molecular flexibility index (Phi) is 5.05. The summed E-state index contributed by atoms with van der Waals surface area (Å²) in [5.41, 5.74) is 3.31. The van der Waals surface area contributed by atoms with E-state index in [1.807, 2.05) is 0 Å². The second-order valence-corrected chi connectivity index (χ2v) is 5.60. The van der Waals surface area contributed by atoms with E-state index in [9.17, 15) is 22.8 Å². The predicted octanol–water partition coefficient (Wildman–Crippen LogP) is 2.76. The largest absolute Gasteiger partial charge is 0.444 e. The van der Waals surface area contributed by atoms with Crippen LogP contribution in [-0.2, 0) is 15.7 Å². The van der Waals surface area contributed by atoms with Crippen LogP contribution >= 0.6 is 0 Å². The van der Waals surface area contributed by atoms with E-state index in [-0.39, 0.29) is 5.56 Å². The van der Waals surface area contributed by atoms with Crippen LogP contribution in [0.25, 0.3) is 0 Å². The summed E-state index contributed by atoms with van der Waals surface area (Å²) in [6.07, 6.45) is -5.52. The number of amides is 2. The number of hydrogen-bond donors (Lipinski definition) is 2. The van der Waals surface area contributed by atoms with Gasteiger partial charge in [-0.3, -0.25) is 4.79 Å². The molecule has 0 bridgehead atoms. The van der Waals surface area contributed by atoms with Gasteiger partial charge in [0.1, 0.15) is 11.6 Å². The van der Waals surface area contributed by atoms with Crippen LogP contribution in [0.2, 0.25) is 0 Å². The van der Waals surface area contributed by atoms with Crippen LogP contribution in [0.5, 0.6) is 0 Å². The molecule has 0 aliphatic carbocycles. The molecule has 0 spiro atoms. The Morgan fingerprint density at radius 1 is 1.23 bits per heavy atom. The predicted molar refractivity (Wildman–Crippen MR) is 72.7 cm³/mol. The summed E-state index contributed by atoms with van der Waals surface area (Å²) in [5, 5.41) is 2.16. The molecular weight excluding hydrogens is 301 g/mol. The fourth-order valence-electron chi connectivity index (χ4n) is 1.64. The molecule has 22 heavy (non-hydrogen) atoms. The summed E-state index contributed by atoms with van der Waals surface area (Å²) in [4.78, 5) is 23.1. The molecule has 0 aromatic heterocycles. The van der Waals surface area contributed by atoms with Gasteiger partial charge in [-0.1, -0.05) is 12.1 Å². The molecule has 3 N–H and O–H groups in total. The van der Waals surface area contributed by atoms with Gasteiger partial charge >= 0.3 is 12.3 Å². The number of halogens is 3. The van der Waals surface area contributed by atoms with E-state index in [0.29, 0.717) is 0 Å². The van der Waals surface area contributed by atoms with Crippen molar-refractivity contribution in [2.75, 3.05) is 0 Å². The van der Waals surface area contributed by atoms with Gasteiger partial charge in [-0.2, -0.15) is 13.2 Å². The molecule has 0 radical (unpaired) electrons. The van der Waals surface area contributed by atoms with E-state index in [0.717, 1.165) is 18.2 Å². The molecule has 0 saturated carbocycles. The summed E-state index contributed by atoms with van der Waals surface area (Å²) in [7, 11) is 0. The Balaban J connectivity index is 3.02. The molecule has 1 aromatic carbocycles. The quantitative estimate of drug-likeness (QED) is 0.899. The zero-order valence-electron chi connectivity index (χ0n) is 12.3. The molecule has 1 rings (SSSR count). The highest BCUT2D eigenvalue weighted by atomic mass is 19.4. The molecule has 1 aromatic rings. The summed E-state index contributed by atoms with van der Waals surface area (Å²) in [5.74, 6) is -0.995. The van der Waals surface area contributed by atoms with Crippen molar-refractivity contribution in [2.24, 2.45) is 5.73 Å². The summed E-state index contributed by atoms with van der Waals surface area (Å²) in [6.45, 7) is 4.82. The van der Waals surface area contributed by atoms with Crippen LogP contribution in [0.1, 0.15) is 37.9 Å². The molecular formula is C14H17F3N2O3. The van der Waals surface area contributed by atoms with Crippen LogP contribution in [0.3, 0.4) is 0 Å². The first-order valence-corrected chi connectivity index (χ1v) is 6.36. The van der Waals surface area contributed by atoms with Crippen molar-refractivity contribution in [2.45, 2.75) is 38.6 Å². The number of benzene rings is 1. The van der Waals surface area contributed by atoms with Gasteiger partial charge in [-0.15, -0.1) is 0 Å². The van der Waals surface area contributed by atoms with E-state index < -0.39 is 35.4 Å². The van der Waals surface area contributed by atoms with E-state index >= 15 is 0 Å². The lowest BCUT2D eigenvalue weighted by atomic mass is 10.0. The summed E-state index contributed by atoms with van der Waals surface area (Å²) < 4.78 is 43.0. The second-order valence-electron chi connectivity index (χ2n) is 5.60. The van der Waals surface area contributed by atoms with Gasteiger partial charge in [0.15, 0.2) is 0 Å². The molecule has 5 nitrogen and oxygen atoms in total. The molecule has 0 aliphatic rings. The number of nitrogens with one attached hydrogen (secondary N) is 1. The Hall–Kier alpha value is -2.25. The first kappa shape index (κ1) is 17.8. The zero-order valence-corrected chi connectivity index (χ0v) is 12.3. The van der Waals surface area contributed by atoms with E-state index in [1.165, 1.54) is 6.07 Å². The molecule has 8 heteroatoms. The van der Waals surface area contributed by atoms with Gasteiger partial charge in [0.25, 0.3) is 0 Å². The van der Waals surface area contributed by atoms with Crippen molar-refractivity contribution >= 4 is 12.0 Å². The maximum absolute atomic E-state index is 12.7. The number of carbonyl (C=O) groups excluding carboxylic acids is 2. The topological polar surface area (TPSA) is 81.4 Å². The van der Waals surface area contributed by atoms with Crippen LogP contribution < -0.4 is 11.1 Å². The third-order valence-corrected chi connectivity index (χ3v) is 2.49. The lowest BCUT2D eigenvalue weighted by Gasteiger charge is -2.22. The number of primary amides is 1. The molecule has 0 saturated heterocycles. The number of nitrogens with two attached hydrogens (primary N) is 1. The number of rotatable bonds is 3. The molecule has 0 heterocycles. The van der Waals surface area contributed by atoms with Gasteiger partial charge < -0.3 is 15.8 Å². The van der Waals surface area contributed by atoms with Gasteiger partial charge in [0, 0.05) is 0 Å². The minimum Gasteiger partial charge on any atom is -0.444 e. The van der Waals surface area contributed by atoms with Crippen LogP contribution in [-0.4, -0.2) is 17.6 Å². The minimum atomic E-state index is -4.57. The number of ether oxygens (including phenoxy) is 1. The van der Waals surface area contributed by atoms with Crippen molar-refractivity contribution in [3.8, 4) is 0 Å². The third kappa shape index (κ3) is 5.27. The molecule has 2 amide bonds. The fraction of sp³-hybridized carbons (Fsp3) is 0.429. The molecule has 1 atom stereocenters. The first-order chi connectivity index (χ1) is 9.90. The van der Waals surface area contributed by atoms with Crippen molar-refractivity contribution in [1.29, 1.82) is 0 Å². The highest BCUT2D eigenvalue weighted by Gasteiger charge is 2.32. The molecule has 122 valence electrons. The lowest BCUT2D eigenvalue weighted by Crippen LogP contribution is -2.40. The minimum absolute atomic E-state index is 0.0758. The third-order valence-electron chi connectivity index (χ3n) is 2.49. The Morgan fingerprint density at radius 3 is 2.27 bits per heavy atom. The van der Waals surface area contributed by atoms with Crippen LogP contribution in [0.15, 0.2) is 24.3 Å². The van der Waals surface area contributed by atoms with Gasteiger partial charge in [-0.25, -0.2) is 4.79 Å². The Labute approximate surface area is 125 Å². The second kappa shape index (κ2) is 6.25. The highest BCUT2D eigenvalue weighted by molar-refractivity contribution is 5.85. The van der Waals surface area contributed by atoms with Crippen LogP contribution in [0, 0.1) is 0 Å². The van der Waals surface area contributed by atoms with Crippen molar-refractivity contribution < 1.29 is 27.5 Å². The van der Waals surface area contributed by atoms with Crippen LogP contribution in [0.4, 0.5) is 18.0 Å². The Bertz CT molecular complexity index is 565. The lowest BCUT2D eigenvalue weighted by molar-refractivity contribution is -0.137. The standard InChI is InChI=1S/C14H17F3N2O3/c1-13(2,3)22-12(21)19-10(11(18)20)8-5-4-6-9(7-8)14(15,16)17/h4-7,10H,1-3H3,(H2,18,20)(H,19,21). The molecule has 0 fully saturated rings. The molecule has 1 unspecified atom stereocenters. The summed E-state index contributed by atoms with van der Waals surface area (Å²) >= 11 is 0. The maximum atomic E-state index is 12.7. The first-order valence-electron chi connectivity index (χ1n) is 6.36. The number of alkyl carbamates (subject to hydrolysis) is 1. The van der Waals surface area contributed by atoms with E-state index in [2.05, 4.69) is 5.32 Å². The van der Waals surface area contributed by atoms with Gasteiger partial charge in [0.2, 0.25) is 5.91 Å². The fourth-order valence-corrected chi connectivity index (χ4v) is 1.64. The van der Waals surface area contributed by atoms with Crippen molar-refractivity contribution in [1.82, 2.24) is 5.32 Å². The normalized spacial score (nSPS) is 13.4. The monoisotopic (exact) mass is 318 g/mol. The number of alkyl halides is 3. The van der Waals surface area contributed by atoms with Gasteiger partial charge in [-0.05, 0) is 38.5 Å². The number of carbonyl (C=O) groups is 2. The average Bonchev–Trinajstić information content (AvgIpc) is 2.32. The van der Waals surface area contributed by atoms with Gasteiger partial charge in [0.05, 0.1) is 5.56 Å². The van der Waals surface area contributed by atoms with Crippen molar-refractivity contribution in [3.63, 3.8) is 0 Å². The number of hydrogen-bond acceptors (Lipinski definition) is 3. The molecule has 0 aliphatic heterocycles. The van der Waals surface area contributed by atoms with E-state index in [1.54, 1.807) is 20.8 Å². The Morgan fingerprint density at radius 2 is 1.82 bits per heavy atom. The average molecular weight is 318 g/mol.